The molecule has 2 unspecified atom stereocenters. The molecule has 5 nitrogen and oxygen atoms in total. The van der Waals surface area contributed by atoms with Crippen molar-refractivity contribution in [2.45, 2.75) is 39.3 Å². The van der Waals surface area contributed by atoms with Crippen LogP contribution < -0.4 is 9.47 Å². The number of benzene rings is 1. The Morgan fingerprint density at radius 3 is 2.62 bits per heavy atom. The first-order valence-corrected chi connectivity index (χ1v) is 8.86. The smallest absolute Gasteiger partial charge is 0.161 e. The Kier molecular flexibility index (Phi) is 6.89. The van der Waals surface area contributed by atoms with Crippen LogP contribution in [0.2, 0.25) is 0 Å². The third-order valence-electron chi connectivity index (χ3n) is 4.80. The quantitative estimate of drug-likeness (QED) is 0.768. The molecule has 1 aliphatic heterocycles. The maximum Gasteiger partial charge on any atom is 0.161 e. The summed E-state index contributed by atoms with van der Waals surface area (Å²) in [6, 6.07) is 8.57. The highest BCUT2D eigenvalue weighted by atomic mass is 16.5. The molecule has 1 saturated heterocycles. The van der Waals surface area contributed by atoms with Crippen molar-refractivity contribution in [1.82, 2.24) is 9.80 Å². The van der Waals surface area contributed by atoms with Gasteiger partial charge in [0.1, 0.15) is 6.04 Å². The van der Waals surface area contributed by atoms with E-state index in [1.54, 1.807) is 7.11 Å². The van der Waals surface area contributed by atoms with Gasteiger partial charge in [0, 0.05) is 25.7 Å². The van der Waals surface area contributed by atoms with Crippen molar-refractivity contribution in [1.29, 1.82) is 5.26 Å². The molecule has 2 atom stereocenters. The van der Waals surface area contributed by atoms with Gasteiger partial charge >= 0.3 is 0 Å². The summed E-state index contributed by atoms with van der Waals surface area (Å²) in [5.41, 5.74) is 0.970. The molecule has 1 heterocycles. The molecule has 1 aliphatic rings. The van der Waals surface area contributed by atoms with Crippen LogP contribution in [0.15, 0.2) is 18.2 Å². The molecule has 0 aromatic heterocycles. The Morgan fingerprint density at radius 1 is 1.25 bits per heavy atom. The number of methoxy groups -OCH3 is 1. The zero-order valence-corrected chi connectivity index (χ0v) is 15.3. The van der Waals surface area contributed by atoms with Gasteiger partial charge in [-0.3, -0.25) is 9.80 Å². The van der Waals surface area contributed by atoms with Crippen LogP contribution >= 0.6 is 0 Å². The molecule has 0 spiro atoms. The van der Waals surface area contributed by atoms with Gasteiger partial charge in [-0.1, -0.05) is 19.9 Å². The first-order valence-electron chi connectivity index (χ1n) is 8.86. The number of nitriles is 1. The maximum absolute atomic E-state index is 9.77. The highest BCUT2D eigenvalue weighted by Gasteiger charge is 2.30. The van der Waals surface area contributed by atoms with Crippen LogP contribution in [0.1, 0.15) is 38.8 Å². The predicted molar refractivity (Wildman–Crippen MR) is 95.4 cm³/mol. The molecule has 0 N–H and O–H groups in total. The molecule has 1 aromatic carbocycles. The van der Waals surface area contributed by atoms with Gasteiger partial charge in [0.15, 0.2) is 11.5 Å². The van der Waals surface area contributed by atoms with Crippen LogP contribution in [0.25, 0.3) is 0 Å². The number of nitrogens with zero attached hydrogens (tertiary/aromatic N) is 3. The standard InChI is InChI=1S/C19H29N3O2/c1-5-16-14-22(11-10-21(16)6-2)17(13-20)15-8-9-18(24-7-3)19(12-15)23-4/h8-9,12,16-17H,5-7,10-11,14H2,1-4H3. The second-order valence-corrected chi connectivity index (χ2v) is 6.06. The van der Waals surface area contributed by atoms with Gasteiger partial charge in [-0.2, -0.15) is 5.26 Å². The third-order valence-corrected chi connectivity index (χ3v) is 4.80. The summed E-state index contributed by atoms with van der Waals surface area (Å²) in [7, 11) is 1.64. The van der Waals surface area contributed by atoms with E-state index in [0.717, 1.165) is 43.9 Å². The lowest BCUT2D eigenvalue weighted by Gasteiger charge is -2.42. The molecule has 0 aliphatic carbocycles. The third kappa shape index (κ3) is 4.00. The van der Waals surface area contributed by atoms with Gasteiger partial charge in [-0.15, -0.1) is 0 Å². The fourth-order valence-electron chi connectivity index (χ4n) is 3.45. The van der Waals surface area contributed by atoms with E-state index in [1.165, 1.54) is 0 Å². The van der Waals surface area contributed by atoms with Gasteiger partial charge in [-0.05, 0) is 37.6 Å². The number of ether oxygens (including phenoxy) is 2. The van der Waals surface area contributed by atoms with E-state index in [4.69, 9.17) is 9.47 Å². The lowest BCUT2D eigenvalue weighted by Crippen LogP contribution is -2.53. The van der Waals surface area contributed by atoms with Crippen molar-refractivity contribution >= 4 is 0 Å². The average molecular weight is 331 g/mol. The van der Waals surface area contributed by atoms with E-state index < -0.39 is 0 Å². The van der Waals surface area contributed by atoms with Crippen molar-refractivity contribution in [3.8, 4) is 17.6 Å². The van der Waals surface area contributed by atoms with Crippen molar-refractivity contribution in [3.05, 3.63) is 23.8 Å². The van der Waals surface area contributed by atoms with E-state index in [2.05, 4.69) is 29.7 Å². The van der Waals surface area contributed by atoms with E-state index >= 15 is 0 Å². The molecule has 1 aromatic rings. The number of hydrogen-bond donors (Lipinski definition) is 0. The summed E-state index contributed by atoms with van der Waals surface area (Å²) < 4.78 is 11.0. The fraction of sp³-hybridized carbons (Fsp3) is 0.632. The van der Waals surface area contributed by atoms with Crippen LogP contribution in [-0.2, 0) is 0 Å². The van der Waals surface area contributed by atoms with Crippen molar-refractivity contribution < 1.29 is 9.47 Å². The highest BCUT2D eigenvalue weighted by molar-refractivity contribution is 5.45. The molecule has 1 fully saturated rings. The monoisotopic (exact) mass is 331 g/mol. The van der Waals surface area contributed by atoms with Crippen molar-refractivity contribution in [2.75, 3.05) is 39.9 Å². The number of rotatable bonds is 7. The van der Waals surface area contributed by atoms with E-state index in [1.807, 2.05) is 25.1 Å². The normalized spacial score (nSPS) is 20.4. The van der Waals surface area contributed by atoms with Gasteiger partial charge < -0.3 is 9.47 Å². The molecule has 0 bridgehead atoms. The van der Waals surface area contributed by atoms with Crippen LogP contribution in [0.3, 0.4) is 0 Å². The summed E-state index contributed by atoms with van der Waals surface area (Å²) in [4.78, 5) is 4.79. The van der Waals surface area contributed by atoms with E-state index in [-0.39, 0.29) is 6.04 Å². The Bertz CT molecular complexity index is 570. The molecule has 5 heteroatoms. The first-order chi connectivity index (χ1) is 11.7. The minimum atomic E-state index is -0.248. The summed E-state index contributed by atoms with van der Waals surface area (Å²) in [5.74, 6) is 1.41. The number of hydrogen-bond acceptors (Lipinski definition) is 5. The second kappa shape index (κ2) is 8.91. The summed E-state index contributed by atoms with van der Waals surface area (Å²) in [6.45, 7) is 10.9. The fourth-order valence-corrected chi connectivity index (χ4v) is 3.45. The lowest BCUT2D eigenvalue weighted by atomic mass is 10.0. The Morgan fingerprint density at radius 2 is 2.04 bits per heavy atom. The molecular weight excluding hydrogens is 302 g/mol. The molecule has 132 valence electrons. The Labute approximate surface area is 145 Å². The van der Waals surface area contributed by atoms with Crippen LogP contribution in [0, 0.1) is 11.3 Å². The lowest BCUT2D eigenvalue weighted by molar-refractivity contribution is 0.0623. The minimum absolute atomic E-state index is 0.248. The van der Waals surface area contributed by atoms with E-state index in [9.17, 15) is 5.26 Å². The molecule has 2 rings (SSSR count). The summed E-state index contributed by atoms with van der Waals surface area (Å²) >= 11 is 0. The SMILES string of the molecule is CCOc1ccc(C(C#N)N2CCN(CC)C(CC)C2)cc1OC. The van der Waals surface area contributed by atoms with E-state index in [0.29, 0.717) is 18.4 Å². The zero-order chi connectivity index (χ0) is 17.5. The first kappa shape index (κ1) is 18.6. The van der Waals surface area contributed by atoms with Gasteiger partial charge in [0.25, 0.3) is 0 Å². The topological polar surface area (TPSA) is 48.7 Å². The summed E-state index contributed by atoms with van der Waals surface area (Å²) in [6.07, 6.45) is 1.11. The molecule has 0 radical (unpaired) electrons. The predicted octanol–water partition coefficient (Wildman–Crippen LogP) is 3.07. The number of piperazine rings is 1. The van der Waals surface area contributed by atoms with Crippen molar-refractivity contribution in [2.24, 2.45) is 0 Å². The van der Waals surface area contributed by atoms with Crippen LogP contribution in [0.5, 0.6) is 11.5 Å². The molecule has 0 amide bonds. The molecule has 24 heavy (non-hydrogen) atoms. The summed E-state index contributed by atoms with van der Waals surface area (Å²) in [5, 5.41) is 9.77. The average Bonchev–Trinajstić information content (AvgIpc) is 2.63. The van der Waals surface area contributed by atoms with Crippen molar-refractivity contribution in [3.63, 3.8) is 0 Å². The minimum Gasteiger partial charge on any atom is -0.493 e. The van der Waals surface area contributed by atoms with Crippen LogP contribution in [-0.4, -0.2) is 55.7 Å². The van der Waals surface area contributed by atoms with Crippen LogP contribution in [0.4, 0.5) is 0 Å². The second-order valence-electron chi connectivity index (χ2n) is 6.06. The number of likely N-dealkylation sites (N-methyl/N-ethyl adjacent to an activating group) is 1. The largest absolute Gasteiger partial charge is 0.493 e. The van der Waals surface area contributed by atoms with Gasteiger partial charge in [-0.25, -0.2) is 0 Å². The Hall–Kier alpha value is -1.77. The van der Waals surface area contributed by atoms with Gasteiger partial charge in [0.2, 0.25) is 0 Å². The molecular formula is C19H29N3O2. The zero-order valence-electron chi connectivity index (χ0n) is 15.3. The highest BCUT2D eigenvalue weighted by Crippen LogP contribution is 2.33. The molecule has 0 saturated carbocycles. The maximum atomic E-state index is 9.77. The van der Waals surface area contributed by atoms with Gasteiger partial charge in [0.05, 0.1) is 19.8 Å². The Balaban J connectivity index is 2.21.